The summed E-state index contributed by atoms with van der Waals surface area (Å²) in [7, 11) is 0. The summed E-state index contributed by atoms with van der Waals surface area (Å²) in [6, 6.07) is 13.1. The fourth-order valence-electron chi connectivity index (χ4n) is 3.31. The molecule has 142 valence electrons. The van der Waals surface area contributed by atoms with Gasteiger partial charge in [0.2, 0.25) is 5.91 Å². The Morgan fingerprint density at radius 1 is 1.04 bits per heavy atom. The summed E-state index contributed by atoms with van der Waals surface area (Å²) in [6.45, 7) is 3.91. The zero-order valence-electron chi connectivity index (χ0n) is 15.2. The van der Waals surface area contributed by atoms with E-state index in [4.69, 9.17) is 11.6 Å². The Kier molecular flexibility index (Phi) is 6.11. The Morgan fingerprint density at radius 3 is 2.30 bits per heavy atom. The molecule has 1 fully saturated rings. The van der Waals surface area contributed by atoms with Crippen molar-refractivity contribution >= 4 is 23.4 Å². The maximum absolute atomic E-state index is 13.0. The topological polar surface area (TPSA) is 40.6 Å². The molecule has 2 amide bonds. The number of carbonyl (C=O) groups is 2. The van der Waals surface area contributed by atoms with Crippen LogP contribution in [0.5, 0.6) is 0 Å². The predicted molar refractivity (Wildman–Crippen MR) is 103 cm³/mol. The highest BCUT2D eigenvalue weighted by atomic mass is 35.5. The molecule has 0 N–H and O–H groups in total. The lowest BCUT2D eigenvalue weighted by Gasteiger charge is -2.36. The summed E-state index contributed by atoms with van der Waals surface area (Å²) in [5.74, 6) is -0.470. The number of rotatable bonds is 4. The molecule has 0 spiro atoms. The van der Waals surface area contributed by atoms with Crippen molar-refractivity contribution in [3.8, 4) is 0 Å². The van der Waals surface area contributed by atoms with E-state index in [-0.39, 0.29) is 23.5 Å². The lowest BCUT2D eigenvalue weighted by atomic mass is 9.99. The summed E-state index contributed by atoms with van der Waals surface area (Å²) in [5, 5.41) is 0.532. The molecular formula is C21H22ClFN2O2. The molecule has 2 aromatic rings. The molecule has 4 nitrogen and oxygen atoms in total. The van der Waals surface area contributed by atoms with Gasteiger partial charge < -0.3 is 9.80 Å². The molecule has 6 heteroatoms. The lowest BCUT2D eigenvalue weighted by Crippen LogP contribution is -2.51. The van der Waals surface area contributed by atoms with Gasteiger partial charge in [-0.15, -0.1) is 0 Å². The maximum Gasteiger partial charge on any atom is 0.254 e. The van der Waals surface area contributed by atoms with Gasteiger partial charge in [-0.1, -0.05) is 36.7 Å². The van der Waals surface area contributed by atoms with Crippen molar-refractivity contribution in [1.29, 1.82) is 0 Å². The van der Waals surface area contributed by atoms with Gasteiger partial charge >= 0.3 is 0 Å². The fourth-order valence-corrected chi connectivity index (χ4v) is 3.50. The number of benzene rings is 2. The van der Waals surface area contributed by atoms with Crippen LogP contribution in [0, 0.1) is 11.7 Å². The highest BCUT2D eigenvalue weighted by molar-refractivity contribution is 6.30. The molecule has 27 heavy (non-hydrogen) atoms. The van der Waals surface area contributed by atoms with Gasteiger partial charge in [-0.05, 0) is 42.3 Å². The Hall–Kier alpha value is -2.40. The van der Waals surface area contributed by atoms with E-state index >= 15 is 0 Å². The van der Waals surface area contributed by atoms with Crippen molar-refractivity contribution in [3.05, 3.63) is 70.5 Å². The van der Waals surface area contributed by atoms with E-state index in [1.165, 1.54) is 12.1 Å². The van der Waals surface area contributed by atoms with Crippen molar-refractivity contribution in [2.75, 3.05) is 26.2 Å². The Labute approximate surface area is 163 Å². The second-order valence-corrected chi connectivity index (χ2v) is 7.30. The third-order valence-electron chi connectivity index (χ3n) is 4.83. The number of hydrogen-bond donors (Lipinski definition) is 0. The predicted octanol–water partition coefficient (Wildman–Crippen LogP) is 3.64. The molecule has 0 aromatic heterocycles. The summed E-state index contributed by atoms with van der Waals surface area (Å²) < 4.78 is 13.0. The van der Waals surface area contributed by atoms with Crippen LogP contribution >= 0.6 is 11.6 Å². The molecule has 2 aromatic carbocycles. The molecule has 3 rings (SSSR count). The summed E-state index contributed by atoms with van der Waals surface area (Å²) in [6.07, 6.45) is 0.570. The van der Waals surface area contributed by atoms with E-state index in [9.17, 15) is 14.0 Å². The highest BCUT2D eigenvalue weighted by Crippen LogP contribution is 2.17. The Balaban J connectivity index is 1.54. The zero-order chi connectivity index (χ0) is 19.4. The smallest absolute Gasteiger partial charge is 0.254 e. The molecule has 1 aliphatic heterocycles. The number of carbonyl (C=O) groups excluding carboxylic acids is 2. The van der Waals surface area contributed by atoms with Crippen molar-refractivity contribution in [1.82, 2.24) is 9.80 Å². The van der Waals surface area contributed by atoms with Crippen LogP contribution < -0.4 is 0 Å². The van der Waals surface area contributed by atoms with E-state index in [0.717, 1.165) is 5.56 Å². The summed E-state index contributed by atoms with van der Waals surface area (Å²) in [5.41, 5.74) is 1.50. The zero-order valence-corrected chi connectivity index (χ0v) is 16.0. The van der Waals surface area contributed by atoms with Crippen LogP contribution in [0.3, 0.4) is 0 Å². The van der Waals surface area contributed by atoms with Crippen LogP contribution in [0.25, 0.3) is 0 Å². The second kappa shape index (κ2) is 8.53. The number of hydrogen-bond acceptors (Lipinski definition) is 2. The molecule has 0 bridgehead atoms. The quantitative estimate of drug-likeness (QED) is 0.802. The monoisotopic (exact) mass is 388 g/mol. The lowest BCUT2D eigenvalue weighted by molar-refractivity contribution is -0.136. The minimum atomic E-state index is -0.279. The first-order valence-electron chi connectivity index (χ1n) is 9.02. The van der Waals surface area contributed by atoms with Gasteiger partial charge in [-0.3, -0.25) is 9.59 Å². The summed E-state index contributed by atoms with van der Waals surface area (Å²) >= 11 is 5.96. The van der Waals surface area contributed by atoms with Crippen molar-refractivity contribution < 1.29 is 14.0 Å². The second-order valence-electron chi connectivity index (χ2n) is 6.86. The number of nitrogens with zero attached hydrogens (tertiary/aromatic N) is 2. The van der Waals surface area contributed by atoms with Crippen LogP contribution in [-0.2, 0) is 11.2 Å². The summed E-state index contributed by atoms with van der Waals surface area (Å²) in [4.78, 5) is 28.8. The van der Waals surface area contributed by atoms with E-state index in [1.807, 2.05) is 6.92 Å². The molecule has 0 aliphatic carbocycles. The number of halogens is 2. The molecule has 1 atom stereocenters. The Morgan fingerprint density at radius 2 is 1.67 bits per heavy atom. The van der Waals surface area contributed by atoms with Crippen molar-refractivity contribution in [3.63, 3.8) is 0 Å². The molecule has 1 saturated heterocycles. The minimum Gasteiger partial charge on any atom is -0.339 e. The average Bonchev–Trinajstić information content (AvgIpc) is 2.68. The van der Waals surface area contributed by atoms with Crippen LogP contribution in [0.2, 0.25) is 5.02 Å². The highest BCUT2D eigenvalue weighted by Gasteiger charge is 2.27. The largest absolute Gasteiger partial charge is 0.339 e. The molecule has 1 aliphatic rings. The number of piperazine rings is 1. The van der Waals surface area contributed by atoms with E-state index in [2.05, 4.69) is 0 Å². The van der Waals surface area contributed by atoms with Crippen LogP contribution in [0.1, 0.15) is 22.8 Å². The third kappa shape index (κ3) is 4.86. The van der Waals surface area contributed by atoms with Gasteiger partial charge in [0.25, 0.3) is 5.91 Å². The van der Waals surface area contributed by atoms with Gasteiger partial charge in [0.1, 0.15) is 5.82 Å². The van der Waals surface area contributed by atoms with E-state index < -0.39 is 0 Å². The van der Waals surface area contributed by atoms with Gasteiger partial charge in [0, 0.05) is 42.7 Å². The molecule has 1 heterocycles. The van der Waals surface area contributed by atoms with Crippen molar-refractivity contribution in [2.24, 2.45) is 5.92 Å². The van der Waals surface area contributed by atoms with Gasteiger partial charge in [0.15, 0.2) is 0 Å². The third-order valence-corrected chi connectivity index (χ3v) is 5.06. The van der Waals surface area contributed by atoms with Crippen LogP contribution in [-0.4, -0.2) is 47.8 Å². The SMILES string of the molecule is CC(Cc1ccc(F)cc1)C(=O)N1CCN(C(=O)c2cccc(Cl)c2)CC1. The van der Waals surface area contributed by atoms with Gasteiger partial charge in [-0.2, -0.15) is 0 Å². The first kappa shape index (κ1) is 19.4. The van der Waals surface area contributed by atoms with E-state index in [1.54, 1.807) is 46.2 Å². The Bertz CT molecular complexity index is 817. The van der Waals surface area contributed by atoms with Crippen molar-refractivity contribution in [2.45, 2.75) is 13.3 Å². The number of amides is 2. The van der Waals surface area contributed by atoms with E-state index in [0.29, 0.717) is 43.2 Å². The van der Waals surface area contributed by atoms with Gasteiger partial charge in [-0.25, -0.2) is 4.39 Å². The van der Waals surface area contributed by atoms with Crippen LogP contribution in [0.4, 0.5) is 4.39 Å². The standard InChI is InChI=1S/C21H22ClFN2O2/c1-15(13-16-5-7-19(23)8-6-16)20(26)24-9-11-25(12-10-24)21(27)17-3-2-4-18(22)14-17/h2-8,14-15H,9-13H2,1H3. The van der Waals surface area contributed by atoms with Gasteiger partial charge in [0.05, 0.1) is 0 Å². The normalized spacial score (nSPS) is 15.5. The molecule has 0 saturated carbocycles. The molecule has 1 unspecified atom stereocenters. The first-order chi connectivity index (χ1) is 12.9. The minimum absolute atomic E-state index is 0.0641. The van der Waals surface area contributed by atoms with Crippen LogP contribution in [0.15, 0.2) is 48.5 Å². The average molecular weight is 389 g/mol. The molecular weight excluding hydrogens is 367 g/mol. The fraction of sp³-hybridized carbons (Fsp3) is 0.333. The first-order valence-corrected chi connectivity index (χ1v) is 9.40. The molecule has 0 radical (unpaired) electrons. The maximum atomic E-state index is 13.0.